The van der Waals surface area contributed by atoms with Crippen molar-refractivity contribution in [3.63, 3.8) is 0 Å². The van der Waals surface area contributed by atoms with Gasteiger partial charge in [-0.05, 0) is 62.6 Å². The minimum Gasteiger partial charge on any atom is -0.352 e. The van der Waals surface area contributed by atoms with Crippen LogP contribution in [0.25, 0.3) is 5.69 Å². The van der Waals surface area contributed by atoms with E-state index < -0.39 is 0 Å². The van der Waals surface area contributed by atoms with Crippen LogP contribution in [0.3, 0.4) is 0 Å². The molecular formula is C19H21N3OS. The summed E-state index contributed by atoms with van der Waals surface area (Å²) in [5.41, 5.74) is 2.84. The molecule has 0 aliphatic carbocycles. The van der Waals surface area contributed by atoms with Crippen LogP contribution in [-0.2, 0) is 6.42 Å². The maximum Gasteiger partial charge on any atom is 0.251 e. The van der Waals surface area contributed by atoms with Crippen LogP contribution in [0.15, 0.2) is 54.2 Å². The average molecular weight is 339 g/mol. The van der Waals surface area contributed by atoms with Gasteiger partial charge in [-0.25, -0.2) is 4.98 Å². The molecule has 0 fully saturated rings. The van der Waals surface area contributed by atoms with Gasteiger partial charge in [0.05, 0.1) is 5.01 Å². The van der Waals surface area contributed by atoms with Gasteiger partial charge in [-0.1, -0.05) is 0 Å². The molecule has 0 aliphatic heterocycles. The number of hydrogen-bond donors (Lipinski definition) is 1. The van der Waals surface area contributed by atoms with E-state index >= 15 is 0 Å². The number of hydrogen-bond acceptors (Lipinski definition) is 3. The monoisotopic (exact) mass is 339 g/mol. The van der Waals surface area contributed by atoms with E-state index in [0.29, 0.717) is 12.1 Å². The van der Waals surface area contributed by atoms with E-state index in [0.717, 1.165) is 30.6 Å². The molecule has 4 nitrogen and oxygen atoms in total. The van der Waals surface area contributed by atoms with Crippen LogP contribution < -0.4 is 5.32 Å². The summed E-state index contributed by atoms with van der Waals surface area (Å²) in [6.07, 6.45) is 6.96. The molecule has 0 saturated carbocycles. The zero-order valence-electron chi connectivity index (χ0n) is 13.7. The number of unbranched alkanes of at least 4 members (excludes halogenated alkanes) is 1. The molecule has 2 heterocycles. The van der Waals surface area contributed by atoms with Crippen LogP contribution >= 0.6 is 11.3 Å². The minimum absolute atomic E-state index is 0.0147. The van der Waals surface area contributed by atoms with Gasteiger partial charge in [-0.15, -0.1) is 11.3 Å². The summed E-state index contributed by atoms with van der Waals surface area (Å²) in [4.78, 5) is 16.6. The van der Waals surface area contributed by atoms with Crippen molar-refractivity contribution >= 4 is 17.2 Å². The highest BCUT2D eigenvalue weighted by atomic mass is 32.1. The lowest BCUT2D eigenvalue weighted by Gasteiger charge is -2.07. The average Bonchev–Trinajstić information content (AvgIpc) is 3.26. The molecule has 0 bridgehead atoms. The van der Waals surface area contributed by atoms with Gasteiger partial charge in [-0.3, -0.25) is 4.79 Å². The fourth-order valence-electron chi connectivity index (χ4n) is 2.51. The molecule has 0 saturated heterocycles. The summed E-state index contributed by atoms with van der Waals surface area (Å²) in [6.45, 7) is 2.71. The van der Waals surface area contributed by atoms with E-state index in [1.165, 1.54) is 5.01 Å². The van der Waals surface area contributed by atoms with Crippen molar-refractivity contribution in [1.29, 1.82) is 0 Å². The van der Waals surface area contributed by atoms with Crippen LogP contribution in [0.5, 0.6) is 0 Å². The predicted molar refractivity (Wildman–Crippen MR) is 97.9 cm³/mol. The first-order valence-electron chi connectivity index (χ1n) is 8.15. The third-order valence-electron chi connectivity index (χ3n) is 3.80. The third kappa shape index (κ3) is 4.32. The molecule has 3 aromatic rings. The highest BCUT2D eigenvalue weighted by Crippen LogP contribution is 2.12. The molecule has 0 radical (unpaired) electrons. The number of thiazole rings is 1. The van der Waals surface area contributed by atoms with E-state index in [2.05, 4.69) is 15.7 Å². The number of benzene rings is 1. The van der Waals surface area contributed by atoms with Crippen LogP contribution in [-0.4, -0.2) is 22.0 Å². The standard InChI is InChI=1S/C19H21N3OS/c1-15-14-24-18(21-15)6-2-3-11-20-19(23)16-7-9-17(10-8-16)22-12-4-5-13-22/h4-5,7-10,12-14H,2-3,6,11H2,1H3,(H,20,23). The summed E-state index contributed by atoms with van der Waals surface area (Å²) >= 11 is 1.71. The molecule has 3 rings (SSSR count). The van der Waals surface area contributed by atoms with Crippen molar-refractivity contribution in [3.8, 4) is 5.69 Å². The number of nitrogens with zero attached hydrogens (tertiary/aromatic N) is 2. The fourth-order valence-corrected chi connectivity index (χ4v) is 3.33. The topological polar surface area (TPSA) is 46.9 Å². The predicted octanol–water partition coefficient (Wildman–Crippen LogP) is 3.99. The first kappa shape index (κ1) is 16.5. The molecule has 1 aromatic carbocycles. The van der Waals surface area contributed by atoms with Crippen molar-refractivity contribution in [2.24, 2.45) is 0 Å². The molecule has 2 aromatic heterocycles. The van der Waals surface area contributed by atoms with Gasteiger partial charge in [0, 0.05) is 41.3 Å². The van der Waals surface area contributed by atoms with Crippen molar-refractivity contribution < 1.29 is 4.79 Å². The quantitative estimate of drug-likeness (QED) is 0.662. The molecule has 0 spiro atoms. The van der Waals surface area contributed by atoms with E-state index in [1.807, 2.05) is 60.3 Å². The number of amides is 1. The smallest absolute Gasteiger partial charge is 0.251 e. The number of carbonyl (C=O) groups excluding carboxylic acids is 1. The van der Waals surface area contributed by atoms with Gasteiger partial charge in [-0.2, -0.15) is 0 Å². The van der Waals surface area contributed by atoms with E-state index in [1.54, 1.807) is 11.3 Å². The molecule has 124 valence electrons. The third-order valence-corrected chi connectivity index (χ3v) is 4.83. The van der Waals surface area contributed by atoms with Gasteiger partial charge in [0.25, 0.3) is 5.91 Å². The lowest BCUT2D eigenvalue weighted by molar-refractivity contribution is 0.0953. The zero-order valence-corrected chi connectivity index (χ0v) is 14.6. The normalized spacial score (nSPS) is 10.7. The number of carbonyl (C=O) groups is 1. The van der Waals surface area contributed by atoms with Crippen LogP contribution in [0.4, 0.5) is 0 Å². The number of rotatable bonds is 7. The Bertz CT molecular complexity index is 775. The van der Waals surface area contributed by atoms with E-state index in [-0.39, 0.29) is 5.91 Å². The summed E-state index contributed by atoms with van der Waals surface area (Å²) in [7, 11) is 0. The molecule has 5 heteroatoms. The highest BCUT2D eigenvalue weighted by Gasteiger charge is 2.05. The summed E-state index contributed by atoms with van der Waals surface area (Å²) in [5.74, 6) is -0.0147. The van der Waals surface area contributed by atoms with Gasteiger partial charge in [0.2, 0.25) is 0 Å². The van der Waals surface area contributed by atoms with Crippen LogP contribution in [0.1, 0.15) is 33.9 Å². The highest BCUT2D eigenvalue weighted by molar-refractivity contribution is 7.09. The van der Waals surface area contributed by atoms with E-state index in [9.17, 15) is 4.79 Å². The largest absolute Gasteiger partial charge is 0.352 e. The van der Waals surface area contributed by atoms with Crippen LogP contribution in [0, 0.1) is 6.92 Å². The van der Waals surface area contributed by atoms with Gasteiger partial charge in [0.1, 0.15) is 0 Å². The lowest BCUT2D eigenvalue weighted by Crippen LogP contribution is -2.24. The Morgan fingerprint density at radius 2 is 1.92 bits per heavy atom. The molecular weight excluding hydrogens is 318 g/mol. The Morgan fingerprint density at radius 1 is 1.17 bits per heavy atom. The van der Waals surface area contributed by atoms with E-state index in [4.69, 9.17) is 0 Å². The van der Waals surface area contributed by atoms with Crippen LogP contribution in [0.2, 0.25) is 0 Å². The molecule has 1 amide bonds. The second-order valence-corrected chi connectivity index (χ2v) is 6.68. The molecule has 24 heavy (non-hydrogen) atoms. The van der Waals surface area contributed by atoms with Crippen molar-refractivity contribution in [2.45, 2.75) is 26.2 Å². The Balaban J connectivity index is 1.42. The minimum atomic E-state index is -0.0147. The fraction of sp³-hybridized carbons (Fsp3) is 0.263. The molecule has 1 N–H and O–H groups in total. The Labute approximate surface area is 146 Å². The van der Waals surface area contributed by atoms with Crippen molar-refractivity contribution in [3.05, 3.63) is 70.4 Å². The molecule has 0 atom stereocenters. The lowest BCUT2D eigenvalue weighted by atomic mass is 10.2. The number of aromatic nitrogens is 2. The first-order valence-corrected chi connectivity index (χ1v) is 9.03. The number of nitrogens with one attached hydrogen (secondary N) is 1. The maximum atomic E-state index is 12.2. The summed E-state index contributed by atoms with van der Waals surface area (Å²) in [6, 6.07) is 11.6. The maximum absolute atomic E-state index is 12.2. The summed E-state index contributed by atoms with van der Waals surface area (Å²) in [5, 5.41) is 6.24. The zero-order chi connectivity index (χ0) is 16.8. The SMILES string of the molecule is Cc1csc(CCCCNC(=O)c2ccc(-n3cccc3)cc2)n1. The van der Waals surface area contributed by atoms with Gasteiger partial charge >= 0.3 is 0 Å². The second-order valence-electron chi connectivity index (χ2n) is 5.73. The molecule has 0 aliphatic rings. The Morgan fingerprint density at radius 3 is 2.58 bits per heavy atom. The first-order chi connectivity index (χ1) is 11.7. The Hall–Kier alpha value is -2.40. The summed E-state index contributed by atoms with van der Waals surface area (Å²) < 4.78 is 2.02. The molecule has 0 unspecified atom stereocenters. The second kappa shape index (κ2) is 7.93. The van der Waals surface area contributed by atoms with Gasteiger partial charge < -0.3 is 9.88 Å². The number of aryl methyl sites for hydroxylation is 2. The Kier molecular flexibility index (Phi) is 5.43. The van der Waals surface area contributed by atoms with Crippen molar-refractivity contribution in [1.82, 2.24) is 14.9 Å². The van der Waals surface area contributed by atoms with Crippen molar-refractivity contribution in [2.75, 3.05) is 6.54 Å². The van der Waals surface area contributed by atoms with Gasteiger partial charge in [0.15, 0.2) is 0 Å².